The van der Waals surface area contributed by atoms with Crippen molar-refractivity contribution >= 4 is 17.8 Å². The van der Waals surface area contributed by atoms with Gasteiger partial charge in [0.25, 0.3) is 0 Å². The average molecular weight is 354 g/mol. The summed E-state index contributed by atoms with van der Waals surface area (Å²) in [6, 6.07) is 13.5. The molecule has 0 aliphatic heterocycles. The van der Waals surface area contributed by atoms with Crippen molar-refractivity contribution in [1.29, 1.82) is 0 Å². The van der Waals surface area contributed by atoms with Gasteiger partial charge in [-0.05, 0) is 36.8 Å². The largest absolute Gasteiger partial charge is 0.489 e. The Morgan fingerprint density at radius 2 is 1.92 bits per heavy atom. The molecular formula is C19H15FN2O4. The van der Waals surface area contributed by atoms with Gasteiger partial charge in [-0.15, -0.1) is 0 Å². The van der Waals surface area contributed by atoms with Crippen LogP contribution in [0.4, 0.5) is 10.1 Å². The Morgan fingerprint density at radius 3 is 2.62 bits per heavy atom. The van der Waals surface area contributed by atoms with E-state index in [4.69, 9.17) is 9.26 Å². The van der Waals surface area contributed by atoms with Gasteiger partial charge >= 0.3 is 5.69 Å². The van der Waals surface area contributed by atoms with Gasteiger partial charge in [-0.1, -0.05) is 41.6 Å². The van der Waals surface area contributed by atoms with Crippen LogP contribution in [0.3, 0.4) is 0 Å². The number of hydrogen-bond acceptors (Lipinski definition) is 5. The van der Waals surface area contributed by atoms with Crippen LogP contribution in [0.15, 0.2) is 53.1 Å². The first-order valence-corrected chi connectivity index (χ1v) is 7.79. The number of hydrogen-bond donors (Lipinski definition) is 0. The number of nitrogens with zero attached hydrogens (tertiary/aromatic N) is 2. The van der Waals surface area contributed by atoms with Gasteiger partial charge < -0.3 is 9.26 Å². The highest BCUT2D eigenvalue weighted by atomic mass is 19.1. The molecule has 0 aliphatic carbocycles. The zero-order valence-corrected chi connectivity index (χ0v) is 13.9. The minimum absolute atomic E-state index is 0.0902. The van der Waals surface area contributed by atoms with Crippen LogP contribution >= 0.6 is 0 Å². The van der Waals surface area contributed by atoms with E-state index in [0.29, 0.717) is 11.3 Å². The predicted octanol–water partition coefficient (Wildman–Crippen LogP) is 4.78. The molecule has 0 unspecified atom stereocenters. The van der Waals surface area contributed by atoms with E-state index in [2.05, 4.69) is 5.16 Å². The van der Waals surface area contributed by atoms with Crippen LogP contribution in [0.1, 0.15) is 22.6 Å². The van der Waals surface area contributed by atoms with Crippen molar-refractivity contribution in [3.8, 4) is 5.75 Å². The minimum Gasteiger partial charge on any atom is -0.489 e. The molecule has 1 heterocycles. The average Bonchev–Trinajstić information content (AvgIpc) is 3.01. The summed E-state index contributed by atoms with van der Waals surface area (Å²) in [7, 11) is 0. The van der Waals surface area contributed by atoms with E-state index < -0.39 is 4.92 Å². The first kappa shape index (κ1) is 17.3. The summed E-state index contributed by atoms with van der Waals surface area (Å²) in [5, 5.41) is 14.6. The second-order valence-corrected chi connectivity index (χ2v) is 5.52. The van der Waals surface area contributed by atoms with Gasteiger partial charge in [0.15, 0.2) is 5.69 Å². The molecule has 1 aromatic heterocycles. The maximum Gasteiger partial charge on any atom is 0.338 e. The Bertz CT molecular complexity index is 948. The molecule has 3 rings (SSSR count). The third-order valence-corrected chi connectivity index (χ3v) is 3.70. The van der Waals surface area contributed by atoms with E-state index in [1.54, 1.807) is 48.5 Å². The quantitative estimate of drug-likeness (QED) is 0.470. The highest BCUT2D eigenvalue weighted by Gasteiger charge is 2.21. The molecule has 132 valence electrons. The second-order valence-electron chi connectivity index (χ2n) is 5.52. The lowest BCUT2D eigenvalue weighted by atomic mass is 10.2. The highest BCUT2D eigenvalue weighted by Crippen LogP contribution is 2.25. The molecule has 0 amide bonds. The molecular weight excluding hydrogens is 339 g/mol. The molecule has 0 saturated carbocycles. The first-order chi connectivity index (χ1) is 12.5. The zero-order valence-electron chi connectivity index (χ0n) is 13.9. The van der Waals surface area contributed by atoms with Crippen molar-refractivity contribution in [2.45, 2.75) is 13.5 Å². The van der Waals surface area contributed by atoms with Gasteiger partial charge in [-0.2, -0.15) is 0 Å². The van der Waals surface area contributed by atoms with Gasteiger partial charge in [-0.25, -0.2) is 4.39 Å². The Kier molecular flexibility index (Phi) is 5.07. The molecule has 0 spiro atoms. The number of aromatic nitrogens is 1. The third kappa shape index (κ3) is 3.94. The van der Waals surface area contributed by atoms with Gasteiger partial charge in [0.2, 0.25) is 5.76 Å². The van der Waals surface area contributed by atoms with Crippen molar-refractivity contribution in [1.82, 2.24) is 5.16 Å². The third-order valence-electron chi connectivity index (χ3n) is 3.70. The Morgan fingerprint density at radius 1 is 1.19 bits per heavy atom. The molecule has 3 aromatic rings. The van der Waals surface area contributed by atoms with E-state index in [1.165, 1.54) is 19.1 Å². The van der Waals surface area contributed by atoms with Crippen LogP contribution in [0.5, 0.6) is 5.75 Å². The van der Waals surface area contributed by atoms with Crippen molar-refractivity contribution in [3.63, 3.8) is 0 Å². The molecule has 7 heteroatoms. The maximum atomic E-state index is 13.6. The summed E-state index contributed by atoms with van der Waals surface area (Å²) < 4.78 is 24.1. The van der Waals surface area contributed by atoms with Gasteiger partial charge in [0.05, 0.1) is 4.92 Å². The van der Waals surface area contributed by atoms with Crippen LogP contribution in [0, 0.1) is 22.9 Å². The van der Waals surface area contributed by atoms with E-state index >= 15 is 0 Å². The number of ether oxygens (including phenoxy) is 1. The molecule has 0 bridgehead atoms. The number of aryl methyl sites for hydroxylation is 1. The molecule has 0 radical (unpaired) electrons. The second kappa shape index (κ2) is 7.60. The predicted molar refractivity (Wildman–Crippen MR) is 94.0 cm³/mol. The molecule has 6 nitrogen and oxygen atoms in total. The summed E-state index contributed by atoms with van der Waals surface area (Å²) in [5.74, 6) is 0.371. The van der Waals surface area contributed by atoms with Crippen molar-refractivity contribution < 1.29 is 18.6 Å². The zero-order chi connectivity index (χ0) is 18.5. The lowest BCUT2D eigenvalue weighted by Gasteiger charge is -2.07. The van der Waals surface area contributed by atoms with Crippen molar-refractivity contribution in [2.24, 2.45) is 0 Å². The Labute approximate surface area is 148 Å². The summed E-state index contributed by atoms with van der Waals surface area (Å²) >= 11 is 0. The van der Waals surface area contributed by atoms with E-state index in [-0.39, 0.29) is 29.6 Å². The summed E-state index contributed by atoms with van der Waals surface area (Å²) in [6.07, 6.45) is 3.17. The number of benzene rings is 2. The lowest BCUT2D eigenvalue weighted by Crippen LogP contribution is -1.97. The minimum atomic E-state index is -0.523. The normalized spacial score (nSPS) is 11.0. The summed E-state index contributed by atoms with van der Waals surface area (Å²) in [5.41, 5.74) is 1.36. The van der Waals surface area contributed by atoms with Gasteiger partial charge in [0, 0.05) is 5.56 Å². The smallest absolute Gasteiger partial charge is 0.338 e. The standard InChI is InChI=1S/C19H15FN2O4/c1-13-19(22(23)24)18(26-21-13)11-8-14-6-9-16(10-7-14)25-12-15-4-2-3-5-17(15)20/h2-11H,12H2,1H3/b11-8+. The van der Waals surface area contributed by atoms with Gasteiger partial charge in [0.1, 0.15) is 18.2 Å². The molecule has 2 aromatic carbocycles. The van der Waals surface area contributed by atoms with Crippen LogP contribution in [0.2, 0.25) is 0 Å². The topological polar surface area (TPSA) is 78.4 Å². The van der Waals surface area contributed by atoms with Crippen molar-refractivity contribution in [2.75, 3.05) is 0 Å². The molecule has 0 aliphatic rings. The van der Waals surface area contributed by atoms with Crippen LogP contribution < -0.4 is 4.74 Å². The Hall–Kier alpha value is -3.48. The fourth-order valence-corrected chi connectivity index (χ4v) is 2.34. The molecule has 0 saturated heterocycles. The molecule has 0 atom stereocenters. The van der Waals surface area contributed by atoms with Crippen LogP contribution in [0.25, 0.3) is 12.2 Å². The Balaban J connectivity index is 1.66. The van der Waals surface area contributed by atoms with Crippen LogP contribution in [-0.4, -0.2) is 10.1 Å². The highest BCUT2D eigenvalue weighted by molar-refractivity contribution is 5.71. The fraction of sp³-hybridized carbons (Fsp3) is 0.105. The fourth-order valence-electron chi connectivity index (χ4n) is 2.34. The maximum absolute atomic E-state index is 13.6. The lowest BCUT2D eigenvalue weighted by molar-refractivity contribution is -0.386. The van der Waals surface area contributed by atoms with Gasteiger partial charge in [-0.3, -0.25) is 10.1 Å². The monoisotopic (exact) mass is 354 g/mol. The molecule has 26 heavy (non-hydrogen) atoms. The van der Waals surface area contributed by atoms with Crippen LogP contribution in [-0.2, 0) is 6.61 Å². The van der Waals surface area contributed by atoms with E-state index in [0.717, 1.165) is 5.56 Å². The summed E-state index contributed by atoms with van der Waals surface area (Å²) in [4.78, 5) is 10.5. The summed E-state index contributed by atoms with van der Waals surface area (Å²) in [6.45, 7) is 1.64. The van der Waals surface area contributed by atoms with Crippen molar-refractivity contribution in [3.05, 3.63) is 87.0 Å². The SMILES string of the molecule is Cc1noc(/C=C/c2ccc(OCc3ccccc3F)cc2)c1[N+](=O)[O-]. The molecule has 0 fully saturated rings. The number of rotatable bonds is 6. The number of halogens is 1. The van der Waals surface area contributed by atoms with E-state index in [9.17, 15) is 14.5 Å². The first-order valence-electron chi connectivity index (χ1n) is 7.79. The number of nitro groups is 1. The van der Waals surface area contributed by atoms with E-state index in [1.807, 2.05) is 0 Å². The molecule has 0 N–H and O–H groups in total.